The Morgan fingerprint density at radius 1 is 1.13 bits per heavy atom. The molecule has 0 radical (unpaired) electrons. The number of nitrogens with zero attached hydrogens (tertiary/aromatic N) is 5. The van der Waals surface area contributed by atoms with Crippen LogP contribution in [0.25, 0.3) is 16.6 Å². The third-order valence-electron chi connectivity index (χ3n) is 7.39. The molecular weight excluding hydrogens is 496 g/mol. The van der Waals surface area contributed by atoms with Crippen LogP contribution in [-0.2, 0) is 0 Å². The van der Waals surface area contributed by atoms with E-state index in [2.05, 4.69) is 9.97 Å². The lowest BCUT2D eigenvalue weighted by Gasteiger charge is -2.23. The molecular formula is C27H25F2N5O4. The lowest BCUT2D eigenvalue weighted by Crippen LogP contribution is -2.30. The molecule has 4 heterocycles. The number of amides is 1. The van der Waals surface area contributed by atoms with Crippen LogP contribution in [0.15, 0.2) is 48.9 Å². The highest BCUT2D eigenvalue weighted by molar-refractivity contribution is 5.98. The lowest BCUT2D eigenvalue weighted by molar-refractivity contribution is -0.0540. The number of fused-ring (bicyclic) bond motifs is 9. The normalized spacial score (nSPS) is 19.5. The van der Waals surface area contributed by atoms with Gasteiger partial charge in [0.1, 0.15) is 11.9 Å². The Kier molecular flexibility index (Phi) is 5.48. The third-order valence-corrected chi connectivity index (χ3v) is 7.39. The van der Waals surface area contributed by atoms with Gasteiger partial charge in [-0.2, -0.15) is 13.9 Å². The van der Waals surface area contributed by atoms with E-state index in [4.69, 9.17) is 9.84 Å². The van der Waals surface area contributed by atoms with Gasteiger partial charge in [-0.15, -0.1) is 0 Å². The molecule has 4 aromatic rings. The van der Waals surface area contributed by atoms with Crippen molar-refractivity contribution >= 4 is 11.4 Å². The molecule has 0 unspecified atom stereocenters. The summed E-state index contributed by atoms with van der Waals surface area (Å²) in [4.78, 5) is 23.4. The van der Waals surface area contributed by atoms with Crippen molar-refractivity contribution in [1.82, 2.24) is 24.5 Å². The fraction of sp³-hybridized carbons (Fsp3) is 0.333. The van der Waals surface area contributed by atoms with Gasteiger partial charge in [-0.05, 0) is 50.1 Å². The number of aromatic nitrogens is 4. The first-order valence-corrected chi connectivity index (χ1v) is 12.1. The van der Waals surface area contributed by atoms with Gasteiger partial charge >= 0.3 is 6.61 Å². The first-order chi connectivity index (χ1) is 18.0. The Morgan fingerprint density at radius 3 is 2.55 bits per heavy atom. The number of alkyl halides is 2. The van der Waals surface area contributed by atoms with E-state index in [1.54, 1.807) is 47.2 Å². The number of benzene rings is 1. The monoisotopic (exact) mass is 521 g/mol. The predicted molar refractivity (Wildman–Crippen MR) is 132 cm³/mol. The van der Waals surface area contributed by atoms with E-state index in [9.17, 15) is 23.8 Å². The summed E-state index contributed by atoms with van der Waals surface area (Å²) >= 11 is 0. The molecule has 3 aromatic heterocycles. The van der Waals surface area contributed by atoms with Crippen LogP contribution in [0.5, 0.6) is 5.75 Å². The minimum Gasteiger partial charge on any atom is -0.434 e. The fourth-order valence-corrected chi connectivity index (χ4v) is 5.49. The van der Waals surface area contributed by atoms with E-state index in [-0.39, 0.29) is 29.4 Å². The predicted octanol–water partition coefficient (Wildman–Crippen LogP) is 3.86. The number of pyridine rings is 1. The number of aliphatic hydroxyl groups is 2. The van der Waals surface area contributed by atoms with Crippen molar-refractivity contribution < 1.29 is 28.5 Å². The van der Waals surface area contributed by atoms with Crippen LogP contribution in [0.2, 0.25) is 0 Å². The molecule has 0 spiro atoms. The van der Waals surface area contributed by atoms with Crippen molar-refractivity contribution in [2.75, 3.05) is 7.05 Å². The van der Waals surface area contributed by atoms with Gasteiger partial charge in [-0.3, -0.25) is 4.79 Å². The van der Waals surface area contributed by atoms with E-state index in [0.29, 0.717) is 23.1 Å². The molecule has 196 valence electrons. The number of hydrogen-bond acceptors (Lipinski definition) is 7. The molecule has 1 aromatic carbocycles. The molecule has 0 saturated heterocycles. The Labute approximate surface area is 216 Å². The molecule has 2 N–H and O–H groups in total. The fourth-order valence-electron chi connectivity index (χ4n) is 5.49. The summed E-state index contributed by atoms with van der Waals surface area (Å²) in [6.45, 7) is -0.0759. The Morgan fingerprint density at radius 2 is 1.87 bits per heavy atom. The van der Waals surface area contributed by atoms with Crippen LogP contribution in [0.1, 0.15) is 71.3 Å². The minimum absolute atomic E-state index is 0.0115. The summed E-state index contributed by atoms with van der Waals surface area (Å²) in [5.74, 6) is -0.542. The second-order valence-electron chi connectivity index (χ2n) is 10.2. The standard InChI is InChI=1S/C27H25F2N5O4/c1-27(2,37)23(35)24-30-11-14(12-31-24)13-7-8-34-17(9-13)21-16-10-18(22(21)32-34)33(3)25(36)15-5-4-6-19(20(15)16)38-26(28)29/h4-9,11-12,16,18,23,26,35,37H,10H2,1-3H3/t16-,18-,23+/m1/s1. The van der Waals surface area contributed by atoms with Gasteiger partial charge in [0, 0.05) is 53.8 Å². The van der Waals surface area contributed by atoms with Crippen LogP contribution in [0, 0.1) is 0 Å². The van der Waals surface area contributed by atoms with E-state index >= 15 is 0 Å². The SMILES string of the molecule is CN1C(=O)c2cccc(OC(F)F)c2[C@H]2C[C@@H]1c1nn3ccc(-c4cnc([C@H](O)C(C)(C)O)nc4)cc3c12. The first kappa shape index (κ1) is 24.4. The second kappa shape index (κ2) is 8.53. The highest BCUT2D eigenvalue weighted by Crippen LogP contribution is 2.53. The average molecular weight is 522 g/mol. The van der Waals surface area contributed by atoms with Crippen LogP contribution in [0.4, 0.5) is 8.78 Å². The summed E-state index contributed by atoms with van der Waals surface area (Å²) in [5.41, 5.74) is 3.21. The molecule has 0 fully saturated rings. The maximum Gasteiger partial charge on any atom is 0.387 e. The van der Waals surface area contributed by atoms with Crippen LogP contribution in [-0.4, -0.2) is 59.9 Å². The molecule has 0 saturated carbocycles. The number of rotatable bonds is 5. The summed E-state index contributed by atoms with van der Waals surface area (Å²) in [7, 11) is 1.70. The van der Waals surface area contributed by atoms with Gasteiger partial charge in [0.2, 0.25) is 0 Å². The van der Waals surface area contributed by atoms with Gasteiger partial charge in [0.15, 0.2) is 5.82 Å². The van der Waals surface area contributed by atoms with Crippen molar-refractivity contribution in [2.24, 2.45) is 0 Å². The number of hydrogen-bond donors (Lipinski definition) is 2. The van der Waals surface area contributed by atoms with Crippen LogP contribution < -0.4 is 4.74 Å². The largest absolute Gasteiger partial charge is 0.434 e. The van der Waals surface area contributed by atoms with Crippen molar-refractivity contribution in [2.45, 2.75) is 50.5 Å². The Hall–Kier alpha value is -3.96. The summed E-state index contributed by atoms with van der Waals surface area (Å²) < 4.78 is 33.2. The third kappa shape index (κ3) is 3.72. The summed E-state index contributed by atoms with van der Waals surface area (Å²) in [5, 5.41) is 25.1. The van der Waals surface area contributed by atoms with E-state index in [0.717, 1.165) is 22.3 Å². The minimum atomic E-state index is -3.03. The molecule has 11 heteroatoms. The zero-order valence-corrected chi connectivity index (χ0v) is 20.8. The van der Waals surface area contributed by atoms with Crippen LogP contribution in [0.3, 0.4) is 0 Å². The molecule has 2 aliphatic rings. The molecule has 38 heavy (non-hydrogen) atoms. The van der Waals surface area contributed by atoms with Gasteiger partial charge < -0.3 is 19.8 Å². The number of carbonyl (C=O) groups excluding carboxylic acids is 1. The molecule has 2 bridgehead atoms. The van der Waals surface area contributed by atoms with E-state index < -0.39 is 18.3 Å². The second-order valence-corrected chi connectivity index (χ2v) is 10.2. The highest BCUT2D eigenvalue weighted by atomic mass is 19.3. The Bertz CT molecular complexity index is 1560. The van der Waals surface area contributed by atoms with Crippen molar-refractivity contribution in [3.63, 3.8) is 0 Å². The van der Waals surface area contributed by atoms with Crippen molar-refractivity contribution in [3.8, 4) is 16.9 Å². The van der Waals surface area contributed by atoms with Gasteiger partial charge in [0.25, 0.3) is 5.91 Å². The smallest absolute Gasteiger partial charge is 0.387 e. The summed E-state index contributed by atoms with van der Waals surface area (Å²) in [6, 6.07) is 8.11. The van der Waals surface area contributed by atoms with Crippen LogP contribution >= 0.6 is 0 Å². The number of halogens is 2. The number of carbonyl (C=O) groups is 1. The van der Waals surface area contributed by atoms with Gasteiger partial charge in [0.05, 0.1) is 22.9 Å². The van der Waals surface area contributed by atoms with E-state index in [1.165, 1.54) is 19.9 Å². The van der Waals surface area contributed by atoms with Gasteiger partial charge in [-0.25, -0.2) is 14.5 Å². The zero-order chi connectivity index (χ0) is 26.9. The number of aliphatic hydroxyl groups excluding tert-OH is 1. The molecule has 1 amide bonds. The maximum absolute atomic E-state index is 13.3. The quantitative estimate of drug-likeness (QED) is 0.410. The Balaban J connectivity index is 1.48. The summed E-state index contributed by atoms with van der Waals surface area (Å²) in [6.07, 6.45) is 4.19. The van der Waals surface area contributed by atoms with Crippen molar-refractivity contribution in [3.05, 3.63) is 77.1 Å². The van der Waals surface area contributed by atoms with Crippen molar-refractivity contribution in [1.29, 1.82) is 0 Å². The molecule has 1 aliphatic heterocycles. The average Bonchev–Trinajstić information content (AvgIpc) is 3.40. The molecule has 1 aliphatic carbocycles. The highest BCUT2D eigenvalue weighted by Gasteiger charge is 2.46. The molecule has 9 nitrogen and oxygen atoms in total. The topological polar surface area (TPSA) is 113 Å². The zero-order valence-electron chi connectivity index (χ0n) is 20.8. The molecule has 6 rings (SSSR count). The first-order valence-electron chi connectivity index (χ1n) is 12.1. The lowest BCUT2D eigenvalue weighted by atomic mass is 9.88. The number of ether oxygens (including phenoxy) is 1. The van der Waals surface area contributed by atoms with Gasteiger partial charge in [-0.1, -0.05) is 6.07 Å². The maximum atomic E-state index is 13.3. The molecule has 3 atom stereocenters. The van der Waals surface area contributed by atoms with E-state index in [1.807, 2.05) is 12.1 Å².